The van der Waals surface area contributed by atoms with Crippen molar-refractivity contribution in [2.45, 2.75) is 32.4 Å². The minimum atomic E-state index is -0.00229. The number of hydrogen-bond acceptors (Lipinski definition) is 6. The lowest BCUT2D eigenvalue weighted by Crippen LogP contribution is -2.48. The predicted octanol–water partition coefficient (Wildman–Crippen LogP) is 3.73. The number of nitrogens with zero attached hydrogens (tertiary/aromatic N) is 7. The van der Waals surface area contributed by atoms with E-state index in [-0.39, 0.29) is 5.91 Å². The minimum Gasteiger partial charge on any atom is -0.371 e. The summed E-state index contributed by atoms with van der Waals surface area (Å²) in [7, 11) is 0. The summed E-state index contributed by atoms with van der Waals surface area (Å²) >= 11 is 0. The topological polar surface area (TPSA) is 92.2 Å². The molecule has 0 N–H and O–H groups in total. The van der Waals surface area contributed by atoms with Gasteiger partial charge in [0.25, 0.3) is 5.91 Å². The van der Waals surface area contributed by atoms with Crippen molar-refractivity contribution in [3.05, 3.63) is 82.7 Å². The standard InChI is InChI=1S/C29H31N7O/c1-22-19-32-36(20-22)27-8-10-34(11-9-27)28-7-6-25(18-31)26(16-28)21-33-12-14-35(15-13-33)29(37)24-4-2-23(17-30)3-5-24/h2-7,16,19-20,27H,8-15,21H2,1H3. The Hall–Kier alpha value is -4.14. The highest BCUT2D eigenvalue weighted by atomic mass is 16.2. The van der Waals surface area contributed by atoms with Crippen molar-refractivity contribution in [3.8, 4) is 12.1 Å². The number of carbonyl (C=O) groups is 1. The molecule has 188 valence electrons. The summed E-state index contributed by atoms with van der Waals surface area (Å²) in [5.41, 5.74) is 5.27. The molecule has 5 rings (SSSR count). The van der Waals surface area contributed by atoms with Crippen LogP contribution in [0.1, 0.15) is 51.5 Å². The first kappa shape index (κ1) is 24.5. The lowest BCUT2D eigenvalue weighted by atomic mass is 10.0. The molecular formula is C29H31N7O. The normalized spacial score (nSPS) is 16.8. The van der Waals surface area contributed by atoms with Crippen molar-refractivity contribution in [2.75, 3.05) is 44.2 Å². The quantitative estimate of drug-likeness (QED) is 0.538. The van der Waals surface area contributed by atoms with E-state index in [1.807, 2.05) is 17.2 Å². The van der Waals surface area contributed by atoms with E-state index in [2.05, 4.69) is 57.0 Å². The van der Waals surface area contributed by atoms with E-state index in [1.165, 1.54) is 11.3 Å². The van der Waals surface area contributed by atoms with Crippen LogP contribution < -0.4 is 4.90 Å². The van der Waals surface area contributed by atoms with Crippen molar-refractivity contribution in [2.24, 2.45) is 0 Å². The van der Waals surface area contributed by atoms with Gasteiger partial charge < -0.3 is 9.80 Å². The summed E-state index contributed by atoms with van der Waals surface area (Å²) in [5, 5.41) is 23.2. The van der Waals surface area contributed by atoms with Crippen molar-refractivity contribution in [3.63, 3.8) is 0 Å². The molecule has 3 heterocycles. The lowest BCUT2D eigenvalue weighted by Gasteiger charge is -2.36. The number of amides is 1. The van der Waals surface area contributed by atoms with Gasteiger partial charge in [-0.15, -0.1) is 0 Å². The molecular weight excluding hydrogens is 462 g/mol. The Labute approximate surface area is 217 Å². The van der Waals surface area contributed by atoms with Gasteiger partial charge in [-0.25, -0.2) is 0 Å². The number of hydrogen-bond donors (Lipinski definition) is 0. The Balaban J connectivity index is 1.19. The summed E-state index contributed by atoms with van der Waals surface area (Å²) in [6, 6.07) is 17.9. The average Bonchev–Trinajstić information content (AvgIpc) is 3.39. The van der Waals surface area contributed by atoms with Gasteiger partial charge in [-0.3, -0.25) is 14.4 Å². The fourth-order valence-corrected chi connectivity index (χ4v) is 5.26. The number of rotatable bonds is 5. The number of piperazine rings is 1. The number of benzene rings is 2. The molecule has 2 aliphatic heterocycles. The van der Waals surface area contributed by atoms with Crippen LogP contribution in [0.3, 0.4) is 0 Å². The fraction of sp³-hybridized carbons (Fsp3) is 0.379. The smallest absolute Gasteiger partial charge is 0.253 e. The van der Waals surface area contributed by atoms with Gasteiger partial charge in [0.1, 0.15) is 0 Å². The molecule has 0 atom stereocenters. The molecule has 0 radical (unpaired) electrons. The molecule has 0 bridgehead atoms. The van der Waals surface area contributed by atoms with Gasteiger partial charge in [0.15, 0.2) is 0 Å². The molecule has 2 saturated heterocycles. The first-order valence-electron chi connectivity index (χ1n) is 12.8. The number of anilines is 1. The molecule has 3 aromatic rings. The van der Waals surface area contributed by atoms with Crippen molar-refractivity contribution in [1.29, 1.82) is 10.5 Å². The summed E-state index contributed by atoms with van der Waals surface area (Å²) in [6.45, 7) is 7.48. The molecule has 1 aromatic heterocycles. The maximum absolute atomic E-state index is 12.9. The van der Waals surface area contributed by atoms with E-state index in [9.17, 15) is 10.1 Å². The second-order valence-corrected chi connectivity index (χ2v) is 9.93. The van der Waals surface area contributed by atoms with E-state index in [4.69, 9.17) is 5.26 Å². The first-order chi connectivity index (χ1) is 18.0. The lowest BCUT2D eigenvalue weighted by molar-refractivity contribution is 0.0628. The highest BCUT2D eigenvalue weighted by Gasteiger charge is 2.24. The van der Waals surface area contributed by atoms with E-state index in [0.29, 0.717) is 42.4 Å². The minimum absolute atomic E-state index is 0.00229. The third-order valence-electron chi connectivity index (χ3n) is 7.46. The molecule has 0 saturated carbocycles. The van der Waals surface area contributed by atoms with Crippen LogP contribution in [-0.4, -0.2) is 64.8 Å². The number of nitriles is 2. The molecule has 8 nitrogen and oxygen atoms in total. The number of aromatic nitrogens is 2. The van der Waals surface area contributed by atoms with Crippen LogP contribution in [0, 0.1) is 29.6 Å². The number of carbonyl (C=O) groups excluding carboxylic acids is 1. The van der Waals surface area contributed by atoms with Gasteiger partial charge in [0.2, 0.25) is 0 Å². The summed E-state index contributed by atoms with van der Waals surface area (Å²) in [5.74, 6) is -0.00229. The van der Waals surface area contributed by atoms with E-state index in [0.717, 1.165) is 44.6 Å². The van der Waals surface area contributed by atoms with Crippen LogP contribution in [0.4, 0.5) is 5.69 Å². The van der Waals surface area contributed by atoms with Crippen LogP contribution >= 0.6 is 0 Å². The van der Waals surface area contributed by atoms with Gasteiger partial charge in [-0.1, -0.05) is 0 Å². The highest BCUT2D eigenvalue weighted by Crippen LogP contribution is 2.28. The Morgan fingerprint density at radius 2 is 1.70 bits per heavy atom. The molecule has 8 heteroatoms. The largest absolute Gasteiger partial charge is 0.371 e. The third kappa shape index (κ3) is 5.50. The van der Waals surface area contributed by atoms with Crippen LogP contribution in [0.15, 0.2) is 54.9 Å². The third-order valence-corrected chi connectivity index (χ3v) is 7.46. The Bertz CT molecular complexity index is 1330. The Morgan fingerprint density at radius 1 is 0.973 bits per heavy atom. The van der Waals surface area contributed by atoms with Gasteiger partial charge in [-0.2, -0.15) is 15.6 Å². The number of piperidine rings is 1. The SMILES string of the molecule is Cc1cnn(C2CCN(c3ccc(C#N)c(CN4CCN(C(=O)c5ccc(C#N)cc5)CC4)c3)CC2)c1. The summed E-state index contributed by atoms with van der Waals surface area (Å²) < 4.78 is 2.10. The molecule has 0 spiro atoms. The molecule has 2 aromatic carbocycles. The average molecular weight is 494 g/mol. The molecule has 2 aliphatic rings. The molecule has 0 unspecified atom stereocenters. The molecule has 2 fully saturated rings. The Kier molecular flexibility index (Phi) is 7.20. The highest BCUT2D eigenvalue weighted by molar-refractivity contribution is 5.94. The second kappa shape index (κ2) is 10.9. The van der Waals surface area contributed by atoms with Crippen LogP contribution in [0.5, 0.6) is 0 Å². The molecule has 0 aliphatic carbocycles. The maximum atomic E-state index is 12.9. The van der Waals surface area contributed by atoms with Crippen LogP contribution in [0.25, 0.3) is 0 Å². The van der Waals surface area contributed by atoms with Gasteiger partial charge >= 0.3 is 0 Å². The van der Waals surface area contributed by atoms with E-state index >= 15 is 0 Å². The van der Waals surface area contributed by atoms with Crippen molar-refractivity contribution >= 4 is 11.6 Å². The van der Waals surface area contributed by atoms with E-state index < -0.39 is 0 Å². The van der Waals surface area contributed by atoms with Gasteiger partial charge in [0, 0.05) is 63.3 Å². The molecule has 1 amide bonds. The van der Waals surface area contributed by atoms with Crippen molar-refractivity contribution < 1.29 is 4.79 Å². The monoisotopic (exact) mass is 493 g/mol. The molecule has 37 heavy (non-hydrogen) atoms. The maximum Gasteiger partial charge on any atom is 0.253 e. The van der Waals surface area contributed by atoms with E-state index in [1.54, 1.807) is 24.3 Å². The van der Waals surface area contributed by atoms with Gasteiger partial charge in [0.05, 0.1) is 35.5 Å². The fourth-order valence-electron chi connectivity index (χ4n) is 5.26. The van der Waals surface area contributed by atoms with Gasteiger partial charge in [-0.05, 0) is 73.4 Å². The zero-order valence-electron chi connectivity index (χ0n) is 21.2. The second-order valence-electron chi connectivity index (χ2n) is 9.93. The Morgan fingerprint density at radius 3 is 2.32 bits per heavy atom. The summed E-state index contributed by atoms with van der Waals surface area (Å²) in [4.78, 5) is 19.5. The first-order valence-corrected chi connectivity index (χ1v) is 12.8. The van der Waals surface area contributed by atoms with Crippen molar-refractivity contribution in [1.82, 2.24) is 19.6 Å². The zero-order valence-corrected chi connectivity index (χ0v) is 21.2. The van der Waals surface area contributed by atoms with Crippen LogP contribution in [-0.2, 0) is 6.54 Å². The summed E-state index contributed by atoms with van der Waals surface area (Å²) in [6.07, 6.45) is 6.14. The van der Waals surface area contributed by atoms with Crippen LogP contribution in [0.2, 0.25) is 0 Å². The predicted molar refractivity (Wildman–Crippen MR) is 141 cm³/mol. The zero-order chi connectivity index (χ0) is 25.8. The number of aryl methyl sites for hydroxylation is 1.